The number of nitrogens with one attached hydrogen (secondary N) is 1. The summed E-state index contributed by atoms with van der Waals surface area (Å²) >= 11 is 0. The summed E-state index contributed by atoms with van der Waals surface area (Å²) in [5.41, 5.74) is 0.379. The van der Waals surface area contributed by atoms with Crippen LogP contribution in [0.3, 0.4) is 0 Å². The molecule has 3 rings (SSSR count). The summed E-state index contributed by atoms with van der Waals surface area (Å²) in [6.45, 7) is 2.31. The van der Waals surface area contributed by atoms with Gasteiger partial charge in [0.1, 0.15) is 5.75 Å². The number of aromatic nitrogens is 2. The highest BCUT2D eigenvalue weighted by atomic mass is 32.2. The maximum atomic E-state index is 13.3. The van der Waals surface area contributed by atoms with Gasteiger partial charge in [0.2, 0.25) is 10.0 Å². The predicted molar refractivity (Wildman–Crippen MR) is 104 cm³/mol. The zero-order valence-corrected chi connectivity index (χ0v) is 16.4. The molecule has 0 bridgehead atoms. The third-order valence-electron chi connectivity index (χ3n) is 3.88. The smallest absolute Gasteiger partial charge is 0.435 e. The Morgan fingerprint density at radius 2 is 1.69 bits per heavy atom. The maximum Gasteiger partial charge on any atom is 0.435 e. The van der Waals surface area contributed by atoms with E-state index in [2.05, 4.69) is 9.82 Å². The lowest BCUT2D eigenvalue weighted by Crippen LogP contribution is -2.10. The number of rotatable bonds is 6. The molecule has 0 fully saturated rings. The maximum absolute atomic E-state index is 13.3. The van der Waals surface area contributed by atoms with Crippen LogP contribution in [0.5, 0.6) is 5.75 Å². The Hall–Kier alpha value is -3.01. The molecule has 0 aliphatic heterocycles. The molecule has 3 aromatic rings. The van der Waals surface area contributed by atoms with E-state index in [-0.39, 0.29) is 5.69 Å². The van der Waals surface area contributed by atoms with Gasteiger partial charge in [0.25, 0.3) is 0 Å². The van der Waals surface area contributed by atoms with E-state index in [0.29, 0.717) is 29.3 Å². The number of anilines is 1. The van der Waals surface area contributed by atoms with Crippen LogP contribution in [-0.2, 0) is 16.2 Å². The number of benzene rings is 2. The molecule has 1 heterocycles. The van der Waals surface area contributed by atoms with Gasteiger partial charge in [-0.3, -0.25) is 4.72 Å². The Balaban J connectivity index is 2.04. The van der Waals surface area contributed by atoms with Crippen LogP contribution in [0.1, 0.15) is 12.6 Å². The van der Waals surface area contributed by atoms with Gasteiger partial charge in [-0.1, -0.05) is 0 Å². The monoisotopic (exact) mass is 425 g/mol. The van der Waals surface area contributed by atoms with E-state index >= 15 is 0 Å². The van der Waals surface area contributed by atoms with E-state index in [9.17, 15) is 21.6 Å². The molecule has 0 saturated carbocycles. The molecule has 0 amide bonds. The van der Waals surface area contributed by atoms with Gasteiger partial charge in [0.05, 0.1) is 24.2 Å². The molecule has 0 atom stereocenters. The number of ether oxygens (including phenoxy) is 1. The minimum atomic E-state index is -4.61. The van der Waals surface area contributed by atoms with Gasteiger partial charge in [-0.2, -0.15) is 18.3 Å². The van der Waals surface area contributed by atoms with Crippen molar-refractivity contribution in [2.45, 2.75) is 13.1 Å². The quantitative estimate of drug-likeness (QED) is 0.638. The van der Waals surface area contributed by atoms with Gasteiger partial charge in [0.15, 0.2) is 5.69 Å². The Kier molecular flexibility index (Phi) is 5.56. The van der Waals surface area contributed by atoms with Crippen molar-refractivity contribution < 1.29 is 26.3 Å². The van der Waals surface area contributed by atoms with Gasteiger partial charge < -0.3 is 4.74 Å². The molecule has 10 heteroatoms. The van der Waals surface area contributed by atoms with Crippen molar-refractivity contribution in [2.75, 3.05) is 17.6 Å². The summed E-state index contributed by atoms with van der Waals surface area (Å²) < 4.78 is 71.2. The summed E-state index contributed by atoms with van der Waals surface area (Å²) in [6.07, 6.45) is -3.60. The number of hydrogen-bond acceptors (Lipinski definition) is 4. The zero-order chi connectivity index (χ0) is 21.2. The molecule has 29 heavy (non-hydrogen) atoms. The molecular formula is C19H18F3N3O3S. The molecule has 0 saturated heterocycles. The molecule has 0 aliphatic rings. The lowest BCUT2D eigenvalue weighted by molar-refractivity contribution is -0.141. The topological polar surface area (TPSA) is 73.2 Å². The van der Waals surface area contributed by atoms with Gasteiger partial charge >= 0.3 is 6.18 Å². The summed E-state index contributed by atoms with van der Waals surface area (Å²) in [5.74, 6) is 0.606. The van der Waals surface area contributed by atoms with Crippen LogP contribution in [0, 0.1) is 0 Å². The van der Waals surface area contributed by atoms with Crippen LogP contribution in [0.2, 0.25) is 0 Å². The fourth-order valence-corrected chi connectivity index (χ4v) is 3.26. The Morgan fingerprint density at radius 3 is 2.21 bits per heavy atom. The minimum Gasteiger partial charge on any atom is -0.494 e. The molecule has 0 unspecified atom stereocenters. The first kappa shape index (κ1) is 20.7. The average molecular weight is 425 g/mol. The fourth-order valence-electron chi connectivity index (χ4n) is 2.70. The van der Waals surface area contributed by atoms with Crippen LogP contribution >= 0.6 is 0 Å². The Morgan fingerprint density at radius 1 is 1.07 bits per heavy atom. The van der Waals surface area contributed by atoms with Crippen LogP contribution in [0.4, 0.5) is 18.9 Å². The van der Waals surface area contributed by atoms with Crippen LogP contribution in [-0.4, -0.2) is 31.1 Å². The first-order valence-corrected chi connectivity index (χ1v) is 10.4. The van der Waals surface area contributed by atoms with E-state index in [4.69, 9.17) is 4.74 Å². The van der Waals surface area contributed by atoms with Gasteiger partial charge in [0, 0.05) is 11.3 Å². The summed E-state index contributed by atoms with van der Waals surface area (Å²) in [4.78, 5) is 0. The zero-order valence-electron chi connectivity index (χ0n) is 15.6. The van der Waals surface area contributed by atoms with Crippen LogP contribution < -0.4 is 9.46 Å². The molecule has 1 N–H and O–H groups in total. The number of nitrogens with zero attached hydrogens (tertiary/aromatic N) is 2. The Bertz CT molecular complexity index is 1090. The highest BCUT2D eigenvalue weighted by Gasteiger charge is 2.35. The standard InChI is InChI=1S/C19H18F3N3O3S/c1-3-28-16-10-4-13(5-11-16)17-12-18(19(20,21)22)23-25(17)15-8-6-14(7-9-15)24-29(2,26)27/h4-12,24H,3H2,1-2H3. The normalized spacial score (nSPS) is 12.0. The van der Waals surface area contributed by atoms with Gasteiger partial charge in [-0.05, 0) is 61.5 Å². The van der Waals surface area contributed by atoms with Gasteiger partial charge in [-0.25, -0.2) is 13.1 Å². The largest absolute Gasteiger partial charge is 0.494 e. The van der Waals surface area contributed by atoms with E-state index in [1.54, 1.807) is 24.3 Å². The highest BCUT2D eigenvalue weighted by molar-refractivity contribution is 7.92. The van der Waals surface area contributed by atoms with Crippen molar-refractivity contribution in [3.8, 4) is 22.7 Å². The first-order valence-electron chi connectivity index (χ1n) is 8.55. The molecule has 0 spiro atoms. The van der Waals surface area contributed by atoms with Crippen molar-refractivity contribution in [3.05, 3.63) is 60.3 Å². The van der Waals surface area contributed by atoms with Crippen molar-refractivity contribution in [2.24, 2.45) is 0 Å². The van der Waals surface area contributed by atoms with E-state index < -0.39 is 21.9 Å². The second-order valence-electron chi connectivity index (χ2n) is 6.20. The number of hydrogen-bond donors (Lipinski definition) is 1. The third kappa shape index (κ3) is 5.08. The first-order chi connectivity index (χ1) is 13.6. The van der Waals surface area contributed by atoms with E-state index in [1.165, 1.54) is 28.9 Å². The predicted octanol–water partition coefficient (Wildman–Crippen LogP) is 4.33. The molecule has 6 nitrogen and oxygen atoms in total. The van der Waals surface area contributed by atoms with Crippen molar-refractivity contribution in [1.29, 1.82) is 0 Å². The third-order valence-corrected chi connectivity index (χ3v) is 4.48. The lowest BCUT2D eigenvalue weighted by atomic mass is 10.1. The highest BCUT2D eigenvalue weighted by Crippen LogP contribution is 2.34. The number of halogens is 3. The second kappa shape index (κ2) is 7.78. The van der Waals surface area contributed by atoms with E-state index in [0.717, 1.165) is 12.3 Å². The lowest BCUT2D eigenvalue weighted by Gasteiger charge is -2.10. The fraction of sp³-hybridized carbons (Fsp3) is 0.211. The SMILES string of the molecule is CCOc1ccc(-c2cc(C(F)(F)F)nn2-c2ccc(NS(C)(=O)=O)cc2)cc1. The average Bonchev–Trinajstić information content (AvgIpc) is 3.08. The minimum absolute atomic E-state index is 0.240. The molecule has 2 aromatic carbocycles. The molecule has 1 aromatic heterocycles. The number of alkyl halides is 3. The summed E-state index contributed by atoms with van der Waals surface area (Å²) in [7, 11) is -3.46. The van der Waals surface area contributed by atoms with Crippen molar-refractivity contribution >= 4 is 15.7 Å². The molecule has 154 valence electrons. The summed E-state index contributed by atoms with van der Waals surface area (Å²) in [5, 5.41) is 3.71. The van der Waals surface area contributed by atoms with Crippen LogP contribution in [0.15, 0.2) is 54.6 Å². The molecule has 0 radical (unpaired) electrons. The van der Waals surface area contributed by atoms with Crippen LogP contribution in [0.25, 0.3) is 16.9 Å². The number of sulfonamides is 1. The summed E-state index contributed by atoms with van der Waals surface area (Å²) in [6, 6.07) is 13.5. The Labute approximate surface area is 166 Å². The van der Waals surface area contributed by atoms with E-state index in [1.807, 2.05) is 6.92 Å². The second-order valence-corrected chi connectivity index (χ2v) is 7.95. The van der Waals surface area contributed by atoms with Crippen molar-refractivity contribution in [1.82, 2.24) is 9.78 Å². The molecule has 0 aliphatic carbocycles. The molecular weight excluding hydrogens is 407 g/mol. The van der Waals surface area contributed by atoms with Gasteiger partial charge in [-0.15, -0.1) is 0 Å². The van der Waals surface area contributed by atoms with Crippen molar-refractivity contribution in [3.63, 3.8) is 0 Å².